The summed E-state index contributed by atoms with van der Waals surface area (Å²) in [5, 5.41) is 2.15. The highest BCUT2D eigenvalue weighted by molar-refractivity contribution is 8.00. The Labute approximate surface area is 103 Å². The van der Waals surface area contributed by atoms with E-state index >= 15 is 0 Å². The molecule has 0 saturated heterocycles. The fraction of sp³-hybridized carbons (Fsp3) is 0.364. The number of carbonyl (C=O) groups is 1. The van der Waals surface area contributed by atoms with Crippen molar-refractivity contribution in [2.24, 2.45) is 5.73 Å². The number of benzene rings is 1. The van der Waals surface area contributed by atoms with Crippen LogP contribution < -0.4 is 11.1 Å². The lowest BCUT2D eigenvalue weighted by atomic mass is 10.3. The van der Waals surface area contributed by atoms with Crippen LogP contribution >= 0.6 is 11.8 Å². The Hall–Kier alpha value is -1.14. The van der Waals surface area contributed by atoms with E-state index in [1.54, 1.807) is 0 Å². The Bertz CT molecular complexity index is 360. The van der Waals surface area contributed by atoms with Crippen molar-refractivity contribution >= 4 is 17.7 Å². The molecule has 1 rings (SSSR count). The molecule has 0 bridgehead atoms. The topological polar surface area (TPSA) is 55.1 Å². The molecule has 0 atom stereocenters. The molecule has 0 saturated carbocycles. The number of carbonyl (C=O) groups excluding carboxylic acids is 1. The van der Waals surface area contributed by atoms with Gasteiger partial charge in [0, 0.05) is 4.90 Å². The first-order valence-electron chi connectivity index (χ1n) is 5.06. The van der Waals surface area contributed by atoms with Gasteiger partial charge in [-0.15, -0.1) is 11.8 Å². The third-order valence-electron chi connectivity index (χ3n) is 1.96. The van der Waals surface area contributed by atoms with Crippen molar-refractivity contribution in [3.63, 3.8) is 0 Å². The lowest BCUT2D eigenvalue weighted by Crippen LogP contribution is -2.42. The normalized spacial score (nSPS) is 11.2. The predicted octanol–water partition coefficient (Wildman–Crippen LogP) is 1.49. The smallest absolute Gasteiger partial charge is 0.277 e. The highest BCUT2D eigenvalue weighted by atomic mass is 32.2. The molecule has 94 valence electrons. The summed E-state index contributed by atoms with van der Waals surface area (Å²) in [6.07, 6.45) is 0. The molecule has 0 fully saturated rings. The molecule has 1 aromatic rings. The zero-order chi connectivity index (χ0) is 12.7. The maximum absolute atomic E-state index is 12.7. The molecule has 0 aliphatic heterocycles. The molecule has 1 amide bonds. The van der Waals surface area contributed by atoms with Crippen LogP contribution in [0.25, 0.3) is 0 Å². The minimum absolute atomic E-state index is 0.116. The summed E-state index contributed by atoms with van der Waals surface area (Å²) in [6, 6.07) is 9.27. The van der Waals surface area contributed by atoms with E-state index in [2.05, 4.69) is 5.32 Å². The number of nitrogens with two attached hydrogens (primary N) is 1. The van der Waals surface area contributed by atoms with Crippen LogP contribution in [-0.2, 0) is 4.79 Å². The van der Waals surface area contributed by atoms with Crippen molar-refractivity contribution in [2.45, 2.75) is 10.8 Å². The molecule has 0 unspecified atom stereocenters. The van der Waals surface area contributed by atoms with Crippen LogP contribution in [0.2, 0.25) is 0 Å². The molecule has 0 aliphatic carbocycles. The van der Waals surface area contributed by atoms with Crippen LogP contribution in [0.3, 0.4) is 0 Å². The fourth-order valence-electron chi connectivity index (χ4n) is 1.02. The molecule has 3 N–H and O–H groups in total. The van der Waals surface area contributed by atoms with Gasteiger partial charge < -0.3 is 11.1 Å². The van der Waals surface area contributed by atoms with Gasteiger partial charge in [0.1, 0.15) is 0 Å². The molecule has 0 radical (unpaired) electrons. The van der Waals surface area contributed by atoms with Crippen LogP contribution in [0.5, 0.6) is 0 Å². The second kappa shape index (κ2) is 6.56. The van der Waals surface area contributed by atoms with Gasteiger partial charge in [0.25, 0.3) is 5.92 Å². The Balaban J connectivity index is 2.27. The zero-order valence-electron chi connectivity index (χ0n) is 9.16. The second-order valence-corrected chi connectivity index (χ2v) is 4.49. The van der Waals surface area contributed by atoms with Crippen LogP contribution in [0.15, 0.2) is 35.2 Å². The van der Waals surface area contributed by atoms with Gasteiger partial charge in [-0.05, 0) is 12.1 Å². The molecule has 3 nitrogen and oxygen atoms in total. The van der Waals surface area contributed by atoms with Crippen LogP contribution in [0.4, 0.5) is 8.78 Å². The van der Waals surface area contributed by atoms with Gasteiger partial charge in [0.2, 0.25) is 5.91 Å². The molecule has 0 aliphatic rings. The molecule has 1 aromatic carbocycles. The first-order valence-corrected chi connectivity index (χ1v) is 6.04. The van der Waals surface area contributed by atoms with Crippen LogP contribution in [-0.4, -0.2) is 30.7 Å². The Morgan fingerprint density at radius 2 is 2.00 bits per heavy atom. The number of thioether (sulfide) groups is 1. The fourth-order valence-corrected chi connectivity index (χ4v) is 1.77. The summed E-state index contributed by atoms with van der Waals surface area (Å²) >= 11 is 1.30. The second-order valence-electron chi connectivity index (χ2n) is 3.44. The number of rotatable bonds is 6. The monoisotopic (exact) mass is 260 g/mol. The van der Waals surface area contributed by atoms with Crippen LogP contribution in [0.1, 0.15) is 0 Å². The van der Waals surface area contributed by atoms with E-state index in [1.165, 1.54) is 11.8 Å². The first kappa shape index (κ1) is 13.9. The summed E-state index contributed by atoms with van der Waals surface area (Å²) in [5.41, 5.74) is 4.85. The Kier molecular flexibility index (Phi) is 5.37. The van der Waals surface area contributed by atoms with Gasteiger partial charge in [-0.2, -0.15) is 0 Å². The molecule has 0 spiro atoms. The quantitative estimate of drug-likeness (QED) is 0.762. The molecular formula is C11H14F2N2OS. The minimum atomic E-state index is -3.03. The average Bonchev–Trinajstić information content (AvgIpc) is 2.35. The Morgan fingerprint density at radius 3 is 2.59 bits per heavy atom. The predicted molar refractivity (Wildman–Crippen MR) is 64.2 cm³/mol. The van der Waals surface area contributed by atoms with Crippen molar-refractivity contribution in [2.75, 3.05) is 18.8 Å². The maximum Gasteiger partial charge on any atom is 0.277 e. The number of amides is 1. The van der Waals surface area contributed by atoms with Crippen molar-refractivity contribution in [1.82, 2.24) is 5.32 Å². The maximum atomic E-state index is 12.7. The van der Waals surface area contributed by atoms with Gasteiger partial charge >= 0.3 is 0 Å². The summed E-state index contributed by atoms with van der Waals surface area (Å²) in [5.74, 6) is -3.34. The summed E-state index contributed by atoms with van der Waals surface area (Å²) < 4.78 is 25.5. The molecular weight excluding hydrogens is 246 g/mol. The van der Waals surface area contributed by atoms with Crippen molar-refractivity contribution in [1.29, 1.82) is 0 Å². The van der Waals surface area contributed by atoms with E-state index in [0.717, 1.165) is 4.90 Å². The van der Waals surface area contributed by atoms with Gasteiger partial charge in [-0.3, -0.25) is 4.79 Å². The standard InChI is InChI=1S/C11H14F2N2OS/c12-11(13,7-14)8-15-10(16)6-17-9-4-2-1-3-5-9/h1-5H,6-8,14H2,(H,15,16). The molecule has 17 heavy (non-hydrogen) atoms. The van der Waals surface area contributed by atoms with E-state index in [9.17, 15) is 13.6 Å². The summed E-state index contributed by atoms with van der Waals surface area (Å²) in [7, 11) is 0. The average molecular weight is 260 g/mol. The Morgan fingerprint density at radius 1 is 1.35 bits per heavy atom. The van der Waals surface area contributed by atoms with Crippen molar-refractivity contribution in [3.8, 4) is 0 Å². The van der Waals surface area contributed by atoms with Gasteiger partial charge in [-0.1, -0.05) is 18.2 Å². The highest BCUT2D eigenvalue weighted by Crippen LogP contribution is 2.16. The number of halogens is 2. The third-order valence-corrected chi connectivity index (χ3v) is 2.97. The van der Waals surface area contributed by atoms with E-state index in [4.69, 9.17) is 5.73 Å². The largest absolute Gasteiger partial charge is 0.349 e. The number of nitrogens with one attached hydrogen (secondary N) is 1. The molecule has 0 aromatic heterocycles. The number of hydrogen-bond acceptors (Lipinski definition) is 3. The van der Waals surface area contributed by atoms with Crippen molar-refractivity contribution < 1.29 is 13.6 Å². The third kappa shape index (κ3) is 5.65. The van der Waals surface area contributed by atoms with E-state index in [1.807, 2.05) is 30.3 Å². The van der Waals surface area contributed by atoms with E-state index < -0.39 is 24.9 Å². The van der Waals surface area contributed by atoms with Gasteiger partial charge in [-0.25, -0.2) is 8.78 Å². The first-order chi connectivity index (χ1) is 8.03. The SMILES string of the molecule is NCC(F)(F)CNC(=O)CSc1ccccc1. The molecule has 0 heterocycles. The number of hydrogen-bond donors (Lipinski definition) is 2. The van der Waals surface area contributed by atoms with Crippen molar-refractivity contribution in [3.05, 3.63) is 30.3 Å². The summed E-state index contributed by atoms with van der Waals surface area (Å²) in [6.45, 7) is -1.48. The summed E-state index contributed by atoms with van der Waals surface area (Å²) in [4.78, 5) is 12.2. The molecule has 6 heteroatoms. The number of alkyl halides is 2. The van der Waals surface area contributed by atoms with E-state index in [0.29, 0.717) is 0 Å². The lowest BCUT2D eigenvalue weighted by molar-refractivity contribution is -0.120. The van der Waals surface area contributed by atoms with E-state index in [-0.39, 0.29) is 5.75 Å². The lowest BCUT2D eigenvalue weighted by Gasteiger charge is -2.14. The van der Waals surface area contributed by atoms with Crippen LogP contribution in [0, 0.1) is 0 Å². The van der Waals surface area contributed by atoms with Gasteiger partial charge in [0.05, 0.1) is 18.8 Å². The highest BCUT2D eigenvalue weighted by Gasteiger charge is 2.26. The van der Waals surface area contributed by atoms with Gasteiger partial charge in [0.15, 0.2) is 0 Å². The minimum Gasteiger partial charge on any atom is -0.349 e. The zero-order valence-corrected chi connectivity index (χ0v) is 9.97.